The average molecular weight is 193 g/mol. The molecule has 1 rings (SSSR count). The first-order chi connectivity index (χ1) is 6.61. The summed E-state index contributed by atoms with van der Waals surface area (Å²) < 4.78 is 0. The van der Waals surface area contributed by atoms with Crippen molar-refractivity contribution in [1.29, 1.82) is 0 Å². The van der Waals surface area contributed by atoms with Crippen LogP contribution >= 0.6 is 0 Å². The first-order valence-corrected chi connectivity index (χ1v) is 5.00. The highest BCUT2D eigenvalue weighted by molar-refractivity contribution is 5.53. The Kier molecular flexibility index (Phi) is 3.53. The third kappa shape index (κ3) is 2.26. The summed E-state index contributed by atoms with van der Waals surface area (Å²) in [5, 5.41) is 12.2. The van der Waals surface area contributed by atoms with Crippen LogP contribution in [0.2, 0.25) is 0 Å². The molecule has 0 spiro atoms. The van der Waals surface area contributed by atoms with Gasteiger partial charge in [0, 0.05) is 19.3 Å². The molecule has 0 unspecified atom stereocenters. The second kappa shape index (κ2) is 4.47. The third-order valence-electron chi connectivity index (χ3n) is 2.66. The molecule has 1 aromatic rings. The normalized spacial score (nSPS) is 11.4. The molecule has 14 heavy (non-hydrogen) atoms. The summed E-state index contributed by atoms with van der Waals surface area (Å²) in [6.45, 7) is 4.53. The molecule has 78 valence electrons. The van der Waals surface area contributed by atoms with Crippen LogP contribution in [-0.2, 0) is 5.41 Å². The van der Waals surface area contributed by atoms with Crippen LogP contribution in [0.25, 0.3) is 0 Å². The van der Waals surface area contributed by atoms with Gasteiger partial charge in [-0.15, -0.1) is 0 Å². The molecule has 0 bridgehead atoms. The molecule has 0 aliphatic carbocycles. The Morgan fingerprint density at radius 2 is 1.93 bits per heavy atom. The van der Waals surface area contributed by atoms with E-state index in [1.165, 1.54) is 5.56 Å². The van der Waals surface area contributed by atoms with Crippen molar-refractivity contribution >= 4 is 5.69 Å². The van der Waals surface area contributed by atoms with Gasteiger partial charge in [0.2, 0.25) is 0 Å². The molecule has 0 heterocycles. The molecule has 2 N–H and O–H groups in total. The van der Waals surface area contributed by atoms with Crippen LogP contribution in [0.3, 0.4) is 0 Å². The highest BCUT2D eigenvalue weighted by Crippen LogP contribution is 2.32. The van der Waals surface area contributed by atoms with Crippen molar-refractivity contribution in [1.82, 2.24) is 0 Å². The molecule has 0 atom stereocenters. The summed E-state index contributed by atoms with van der Waals surface area (Å²) in [6.07, 6.45) is 0.783. The van der Waals surface area contributed by atoms with Crippen molar-refractivity contribution in [2.45, 2.75) is 25.7 Å². The van der Waals surface area contributed by atoms with Gasteiger partial charge in [-0.1, -0.05) is 32.0 Å². The molecule has 2 heteroatoms. The molecule has 0 saturated carbocycles. The third-order valence-corrected chi connectivity index (χ3v) is 2.66. The maximum Gasteiger partial charge on any atom is 0.0439 e. The van der Waals surface area contributed by atoms with Crippen LogP contribution in [0.1, 0.15) is 25.8 Å². The average Bonchev–Trinajstić information content (AvgIpc) is 2.18. The number of nitrogens with one attached hydrogen (secondary N) is 1. The second-order valence-electron chi connectivity index (χ2n) is 4.15. The molecule has 2 nitrogen and oxygen atoms in total. The number of aliphatic hydroxyl groups excluding tert-OH is 1. The molecule has 0 fully saturated rings. The highest BCUT2D eigenvalue weighted by Gasteiger charge is 2.22. The van der Waals surface area contributed by atoms with Gasteiger partial charge in [0.05, 0.1) is 0 Å². The molecule has 0 aromatic heterocycles. The van der Waals surface area contributed by atoms with Gasteiger partial charge in [0.1, 0.15) is 0 Å². The Balaban J connectivity index is 3.04. The number of hydrogen-bond acceptors (Lipinski definition) is 2. The van der Waals surface area contributed by atoms with Crippen LogP contribution in [0.5, 0.6) is 0 Å². The van der Waals surface area contributed by atoms with E-state index in [4.69, 9.17) is 5.11 Å². The number of rotatable bonds is 4. The van der Waals surface area contributed by atoms with E-state index in [2.05, 4.69) is 31.3 Å². The molecule has 0 aliphatic heterocycles. The van der Waals surface area contributed by atoms with Crippen molar-refractivity contribution in [2.75, 3.05) is 19.0 Å². The van der Waals surface area contributed by atoms with E-state index in [9.17, 15) is 0 Å². The topological polar surface area (TPSA) is 32.3 Å². The van der Waals surface area contributed by atoms with E-state index < -0.39 is 0 Å². The number of aliphatic hydroxyl groups is 1. The minimum atomic E-state index is 0.0222. The fourth-order valence-corrected chi connectivity index (χ4v) is 1.71. The van der Waals surface area contributed by atoms with Gasteiger partial charge in [-0.3, -0.25) is 0 Å². The van der Waals surface area contributed by atoms with Crippen molar-refractivity contribution in [2.24, 2.45) is 0 Å². The fraction of sp³-hybridized carbons (Fsp3) is 0.500. The smallest absolute Gasteiger partial charge is 0.0439 e. The van der Waals surface area contributed by atoms with Gasteiger partial charge in [0.15, 0.2) is 0 Å². The minimum absolute atomic E-state index is 0.0222. The standard InChI is InChI=1S/C12H19NO/c1-12(2,8-9-14)10-6-4-5-7-11(10)13-3/h4-7,13-14H,8-9H2,1-3H3. The molecule has 0 radical (unpaired) electrons. The van der Waals surface area contributed by atoms with E-state index in [-0.39, 0.29) is 12.0 Å². The lowest BCUT2D eigenvalue weighted by Crippen LogP contribution is -2.20. The molecule has 0 saturated heterocycles. The Morgan fingerprint density at radius 3 is 2.50 bits per heavy atom. The quantitative estimate of drug-likeness (QED) is 0.769. The summed E-state index contributed by atoms with van der Waals surface area (Å²) >= 11 is 0. The minimum Gasteiger partial charge on any atom is -0.396 e. The van der Waals surface area contributed by atoms with Crippen LogP contribution in [-0.4, -0.2) is 18.8 Å². The number of para-hydroxylation sites is 1. The monoisotopic (exact) mass is 193 g/mol. The number of benzene rings is 1. The predicted molar refractivity (Wildman–Crippen MR) is 60.7 cm³/mol. The largest absolute Gasteiger partial charge is 0.396 e. The zero-order valence-corrected chi connectivity index (χ0v) is 9.17. The fourth-order valence-electron chi connectivity index (χ4n) is 1.71. The SMILES string of the molecule is CNc1ccccc1C(C)(C)CCO. The van der Waals surface area contributed by atoms with E-state index in [1.54, 1.807) is 0 Å². The predicted octanol–water partition coefficient (Wildman–Crippen LogP) is 2.39. The van der Waals surface area contributed by atoms with Crippen LogP contribution < -0.4 is 5.32 Å². The van der Waals surface area contributed by atoms with Crippen LogP contribution in [0.15, 0.2) is 24.3 Å². The van der Waals surface area contributed by atoms with Crippen LogP contribution in [0.4, 0.5) is 5.69 Å². The van der Waals surface area contributed by atoms with Crippen LogP contribution in [0, 0.1) is 0 Å². The van der Waals surface area contributed by atoms with Gasteiger partial charge in [0.25, 0.3) is 0 Å². The van der Waals surface area contributed by atoms with Gasteiger partial charge in [-0.2, -0.15) is 0 Å². The van der Waals surface area contributed by atoms with Gasteiger partial charge >= 0.3 is 0 Å². The van der Waals surface area contributed by atoms with Crippen molar-refractivity contribution in [3.8, 4) is 0 Å². The maximum atomic E-state index is 9.01. The molecule has 0 aliphatic rings. The lowest BCUT2D eigenvalue weighted by atomic mass is 9.81. The molecular weight excluding hydrogens is 174 g/mol. The molecule has 0 amide bonds. The maximum absolute atomic E-state index is 9.01. The van der Waals surface area contributed by atoms with Crippen molar-refractivity contribution < 1.29 is 5.11 Å². The Bertz CT molecular complexity index is 294. The van der Waals surface area contributed by atoms with E-state index in [0.717, 1.165) is 12.1 Å². The zero-order valence-electron chi connectivity index (χ0n) is 9.17. The zero-order chi connectivity index (χ0) is 10.6. The van der Waals surface area contributed by atoms with E-state index >= 15 is 0 Å². The second-order valence-corrected chi connectivity index (χ2v) is 4.15. The highest BCUT2D eigenvalue weighted by atomic mass is 16.3. The van der Waals surface area contributed by atoms with Gasteiger partial charge in [-0.25, -0.2) is 0 Å². The Morgan fingerprint density at radius 1 is 1.29 bits per heavy atom. The Labute approximate surface area is 86.0 Å². The summed E-state index contributed by atoms with van der Waals surface area (Å²) in [5.74, 6) is 0. The molecular formula is C12H19NO. The lowest BCUT2D eigenvalue weighted by molar-refractivity contribution is 0.252. The van der Waals surface area contributed by atoms with E-state index in [0.29, 0.717) is 0 Å². The Hall–Kier alpha value is -1.02. The number of anilines is 1. The van der Waals surface area contributed by atoms with Gasteiger partial charge in [-0.05, 0) is 23.5 Å². The lowest BCUT2D eigenvalue weighted by Gasteiger charge is -2.26. The summed E-state index contributed by atoms with van der Waals surface area (Å²) in [5.41, 5.74) is 2.43. The van der Waals surface area contributed by atoms with Gasteiger partial charge < -0.3 is 10.4 Å². The summed E-state index contributed by atoms with van der Waals surface area (Å²) in [7, 11) is 1.92. The van der Waals surface area contributed by atoms with E-state index in [1.807, 2.05) is 19.2 Å². The summed E-state index contributed by atoms with van der Waals surface area (Å²) in [4.78, 5) is 0. The summed E-state index contributed by atoms with van der Waals surface area (Å²) in [6, 6.07) is 8.23. The van der Waals surface area contributed by atoms with Crippen molar-refractivity contribution in [3.63, 3.8) is 0 Å². The first kappa shape index (κ1) is 11.1. The number of hydrogen-bond donors (Lipinski definition) is 2. The van der Waals surface area contributed by atoms with Crippen molar-refractivity contribution in [3.05, 3.63) is 29.8 Å². The molecule has 1 aromatic carbocycles. The first-order valence-electron chi connectivity index (χ1n) is 5.00.